The van der Waals surface area contributed by atoms with Crippen LogP contribution < -0.4 is 0 Å². The summed E-state index contributed by atoms with van der Waals surface area (Å²) in [7, 11) is 1.77. The number of carboxylic acid groups (broad SMARTS) is 1. The number of hydrogen-bond donors (Lipinski definition) is 1. The maximum atomic E-state index is 10.9. The highest BCUT2D eigenvalue weighted by Crippen LogP contribution is 2.27. The SMILES string of the molecule is CN=C1CC=C(C(=O)O)C(C)C(C)C1. The molecular formula is C11H17NO2. The molecule has 1 aliphatic rings. The van der Waals surface area contributed by atoms with E-state index in [1.807, 2.05) is 6.92 Å². The molecule has 0 aliphatic heterocycles. The largest absolute Gasteiger partial charge is 0.478 e. The quantitative estimate of drug-likeness (QED) is 0.696. The Balaban J connectivity index is 2.95. The summed E-state index contributed by atoms with van der Waals surface area (Å²) >= 11 is 0. The second-order valence-corrected chi connectivity index (χ2v) is 3.93. The molecule has 0 radical (unpaired) electrons. The molecule has 0 saturated carbocycles. The van der Waals surface area contributed by atoms with Crippen molar-refractivity contribution < 1.29 is 9.90 Å². The van der Waals surface area contributed by atoms with Crippen molar-refractivity contribution in [3.05, 3.63) is 11.6 Å². The highest BCUT2D eigenvalue weighted by molar-refractivity contribution is 5.92. The first-order chi connectivity index (χ1) is 6.56. The van der Waals surface area contributed by atoms with E-state index in [0.29, 0.717) is 17.9 Å². The van der Waals surface area contributed by atoms with E-state index in [4.69, 9.17) is 5.11 Å². The van der Waals surface area contributed by atoms with Crippen molar-refractivity contribution >= 4 is 11.7 Å². The zero-order valence-corrected chi connectivity index (χ0v) is 8.95. The molecule has 1 N–H and O–H groups in total. The summed E-state index contributed by atoms with van der Waals surface area (Å²) in [6.45, 7) is 4.06. The molecule has 0 aromatic rings. The number of hydrogen-bond acceptors (Lipinski definition) is 2. The van der Waals surface area contributed by atoms with Crippen LogP contribution >= 0.6 is 0 Å². The molecule has 0 spiro atoms. The predicted octanol–water partition coefficient (Wildman–Crippen LogP) is 2.13. The molecule has 0 saturated heterocycles. The van der Waals surface area contributed by atoms with E-state index in [0.717, 1.165) is 12.1 Å². The molecule has 3 nitrogen and oxygen atoms in total. The molecule has 3 heteroatoms. The summed E-state index contributed by atoms with van der Waals surface area (Å²) in [5.41, 5.74) is 1.64. The lowest BCUT2D eigenvalue weighted by molar-refractivity contribution is -0.133. The summed E-state index contributed by atoms with van der Waals surface area (Å²) in [5.74, 6) is -0.313. The molecule has 0 aromatic heterocycles. The van der Waals surface area contributed by atoms with Gasteiger partial charge in [0, 0.05) is 24.8 Å². The van der Waals surface area contributed by atoms with Gasteiger partial charge in [-0.05, 0) is 18.3 Å². The zero-order chi connectivity index (χ0) is 10.7. The predicted molar refractivity (Wildman–Crippen MR) is 56.6 cm³/mol. The molecule has 2 unspecified atom stereocenters. The summed E-state index contributed by atoms with van der Waals surface area (Å²) in [6, 6.07) is 0. The number of carboxylic acids is 1. The van der Waals surface area contributed by atoms with Crippen LogP contribution in [0.15, 0.2) is 16.6 Å². The molecule has 14 heavy (non-hydrogen) atoms. The Kier molecular flexibility index (Phi) is 3.44. The third-order valence-electron chi connectivity index (χ3n) is 3.02. The van der Waals surface area contributed by atoms with Crippen LogP contribution in [-0.2, 0) is 4.79 Å². The van der Waals surface area contributed by atoms with Crippen LogP contribution in [-0.4, -0.2) is 23.8 Å². The Labute approximate surface area is 84.5 Å². The maximum Gasteiger partial charge on any atom is 0.331 e. The van der Waals surface area contributed by atoms with Gasteiger partial charge in [0.1, 0.15) is 0 Å². The fourth-order valence-electron chi connectivity index (χ4n) is 1.82. The lowest BCUT2D eigenvalue weighted by atomic mass is 9.87. The summed E-state index contributed by atoms with van der Waals surface area (Å²) in [4.78, 5) is 15.1. The summed E-state index contributed by atoms with van der Waals surface area (Å²) in [6.07, 6.45) is 3.40. The van der Waals surface area contributed by atoms with E-state index in [1.165, 1.54) is 0 Å². The first-order valence-electron chi connectivity index (χ1n) is 4.94. The standard InChI is InChI=1S/C11H17NO2/c1-7-6-9(12-3)4-5-10(8(7)2)11(13)14/h5,7-8H,4,6H2,1-3H3,(H,13,14). The van der Waals surface area contributed by atoms with Crippen LogP contribution in [0.5, 0.6) is 0 Å². The van der Waals surface area contributed by atoms with Gasteiger partial charge in [0.15, 0.2) is 0 Å². The van der Waals surface area contributed by atoms with E-state index >= 15 is 0 Å². The van der Waals surface area contributed by atoms with Gasteiger partial charge in [-0.3, -0.25) is 4.99 Å². The van der Waals surface area contributed by atoms with Crippen LogP contribution in [0.4, 0.5) is 0 Å². The highest BCUT2D eigenvalue weighted by atomic mass is 16.4. The number of aliphatic imine (C=N–C) groups is 1. The molecule has 1 rings (SSSR count). The Morgan fingerprint density at radius 1 is 1.57 bits per heavy atom. The Bertz CT molecular complexity index is 292. The minimum Gasteiger partial charge on any atom is -0.478 e. The molecule has 0 fully saturated rings. The second kappa shape index (κ2) is 4.40. The van der Waals surface area contributed by atoms with E-state index in [2.05, 4.69) is 11.9 Å². The lowest BCUT2D eigenvalue weighted by Gasteiger charge is -2.17. The van der Waals surface area contributed by atoms with Crippen molar-refractivity contribution in [2.75, 3.05) is 7.05 Å². The van der Waals surface area contributed by atoms with Crippen molar-refractivity contribution in [3.8, 4) is 0 Å². The third-order valence-corrected chi connectivity index (χ3v) is 3.02. The molecular weight excluding hydrogens is 178 g/mol. The number of nitrogens with zero attached hydrogens (tertiary/aromatic N) is 1. The first-order valence-corrected chi connectivity index (χ1v) is 4.94. The van der Waals surface area contributed by atoms with E-state index in [9.17, 15) is 4.79 Å². The van der Waals surface area contributed by atoms with E-state index < -0.39 is 5.97 Å². The minimum atomic E-state index is -0.790. The molecule has 0 amide bonds. The maximum absolute atomic E-state index is 10.9. The van der Waals surface area contributed by atoms with Crippen molar-refractivity contribution in [2.45, 2.75) is 26.7 Å². The van der Waals surface area contributed by atoms with Crippen molar-refractivity contribution in [3.63, 3.8) is 0 Å². The number of carbonyl (C=O) groups is 1. The zero-order valence-electron chi connectivity index (χ0n) is 8.95. The van der Waals surface area contributed by atoms with Crippen molar-refractivity contribution in [1.29, 1.82) is 0 Å². The topological polar surface area (TPSA) is 49.7 Å². The van der Waals surface area contributed by atoms with Gasteiger partial charge in [-0.1, -0.05) is 19.9 Å². The Hall–Kier alpha value is -1.12. The van der Waals surface area contributed by atoms with E-state index in [-0.39, 0.29) is 5.92 Å². The minimum absolute atomic E-state index is 0.117. The fourth-order valence-corrected chi connectivity index (χ4v) is 1.82. The summed E-state index contributed by atoms with van der Waals surface area (Å²) < 4.78 is 0. The molecule has 0 bridgehead atoms. The van der Waals surface area contributed by atoms with Gasteiger partial charge in [0.2, 0.25) is 0 Å². The van der Waals surface area contributed by atoms with E-state index in [1.54, 1.807) is 13.1 Å². The van der Waals surface area contributed by atoms with Gasteiger partial charge in [-0.25, -0.2) is 4.79 Å². The van der Waals surface area contributed by atoms with Gasteiger partial charge in [-0.2, -0.15) is 0 Å². The fraction of sp³-hybridized carbons (Fsp3) is 0.636. The average Bonchev–Trinajstić information content (AvgIpc) is 2.27. The van der Waals surface area contributed by atoms with Gasteiger partial charge >= 0.3 is 5.97 Å². The molecule has 1 aliphatic carbocycles. The lowest BCUT2D eigenvalue weighted by Crippen LogP contribution is -2.16. The second-order valence-electron chi connectivity index (χ2n) is 3.93. The third kappa shape index (κ3) is 2.22. The van der Waals surface area contributed by atoms with Crippen LogP contribution in [0.3, 0.4) is 0 Å². The molecule has 0 aromatic carbocycles. The Morgan fingerprint density at radius 3 is 2.71 bits per heavy atom. The molecule has 2 atom stereocenters. The normalized spacial score (nSPS) is 31.1. The number of allylic oxidation sites excluding steroid dienone is 1. The van der Waals surface area contributed by atoms with Crippen LogP contribution in [0.25, 0.3) is 0 Å². The summed E-state index contributed by atoms with van der Waals surface area (Å²) in [5, 5.41) is 9.00. The van der Waals surface area contributed by atoms with Crippen LogP contribution in [0, 0.1) is 11.8 Å². The average molecular weight is 195 g/mol. The van der Waals surface area contributed by atoms with Gasteiger partial charge < -0.3 is 5.11 Å². The first kappa shape index (κ1) is 11.0. The van der Waals surface area contributed by atoms with Crippen LogP contribution in [0.1, 0.15) is 26.7 Å². The highest BCUT2D eigenvalue weighted by Gasteiger charge is 2.25. The monoisotopic (exact) mass is 195 g/mol. The van der Waals surface area contributed by atoms with Gasteiger partial charge in [-0.15, -0.1) is 0 Å². The van der Waals surface area contributed by atoms with Crippen molar-refractivity contribution in [1.82, 2.24) is 0 Å². The molecule has 0 heterocycles. The van der Waals surface area contributed by atoms with Crippen LogP contribution in [0.2, 0.25) is 0 Å². The number of rotatable bonds is 1. The Morgan fingerprint density at radius 2 is 2.21 bits per heavy atom. The number of aliphatic carboxylic acids is 1. The smallest absolute Gasteiger partial charge is 0.331 e. The van der Waals surface area contributed by atoms with Gasteiger partial charge in [0.25, 0.3) is 0 Å². The molecule has 78 valence electrons. The van der Waals surface area contributed by atoms with Gasteiger partial charge in [0.05, 0.1) is 0 Å². The van der Waals surface area contributed by atoms with Crippen molar-refractivity contribution in [2.24, 2.45) is 16.8 Å².